The Kier molecular flexibility index (Phi) is 3.28. The minimum Gasteiger partial charge on any atom is -0.341 e. The Morgan fingerprint density at radius 1 is 1.35 bits per heavy atom. The van der Waals surface area contributed by atoms with E-state index in [0.29, 0.717) is 6.54 Å². The molecule has 0 fully saturated rings. The molecular formula is C15H19N5. The number of H-pyrrole nitrogens is 1. The van der Waals surface area contributed by atoms with Gasteiger partial charge in [0.05, 0.1) is 23.3 Å². The number of imidazole rings is 1. The van der Waals surface area contributed by atoms with E-state index in [2.05, 4.69) is 33.5 Å². The standard InChI is InChI=1S/C15H19N5/c1-10(12-9-20(3)19-11(12)2)16-8-15-17-13-6-4-5-7-14(13)18-15/h4-7,9-10,16H,8H2,1-3H3,(H,17,18). The lowest BCUT2D eigenvalue weighted by Crippen LogP contribution is -2.19. The third kappa shape index (κ3) is 2.44. The first-order chi connectivity index (χ1) is 9.63. The molecule has 1 unspecified atom stereocenters. The van der Waals surface area contributed by atoms with E-state index in [4.69, 9.17) is 0 Å². The van der Waals surface area contributed by atoms with E-state index in [-0.39, 0.29) is 6.04 Å². The molecular weight excluding hydrogens is 250 g/mol. The largest absolute Gasteiger partial charge is 0.341 e. The summed E-state index contributed by atoms with van der Waals surface area (Å²) >= 11 is 0. The maximum atomic E-state index is 4.57. The van der Waals surface area contributed by atoms with Crippen LogP contribution in [0.4, 0.5) is 0 Å². The summed E-state index contributed by atoms with van der Waals surface area (Å²) < 4.78 is 1.85. The van der Waals surface area contributed by atoms with Gasteiger partial charge in [0, 0.05) is 24.8 Å². The minimum absolute atomic E-state index is 0.247. The molecule has 2 aromatic heterocycles. The van der Waals surface area contributed by atoms with Gasteiger partial charge in [-0.3, -0.25) is 4.68 Å². The Morgan fingerprint density at radius 2 is 2.15 bits per heavy atom. The molecule has 2 N–H and O–H groups in total. The van der Waals surface area contributed by atoms with Crippen molar-refractivity contribution in [3.63, 3.8) is 0 Å². The lowest BCUT2D eigenvalue weighted by Gasteiger charge is -2.11. The number of nitrogens with zero attached hydrogens (tertiary/aromatic N) is 3. The molecule has 1 aromatic carbocycles. The van der Waals surface area contributed by atoms with Gasteiger partial charge in [0.25, 0.3) is 0 Å². The highest BCUT2D eigenvalue weighted by atomic mass is 15.3. The van der Waals surface area contributed by atoms with Gasteiger partial charge in [-0.25, -0.2) is 4.98 Å². The fourth-order valence-corrected chi connectivity index (χ4v) is 2.49. The van der Waals surface area contributed by atoms with Crippen molar-refractivity contribution in [3.05, 3.63) is 47.5 Å². The zero-order valence-corrected chi connectivity index (χ0v) is 12.0. The van der Waals surface area contributed by atoms with E-state index in [1.54, 1.807) is 0 Å². The van der Waals surface area contributed by atoms with Gasteiger partial charge in [-0.2, -0.15) is 5.10 Å². The molecule has 0 aliphatic carbocycles. The van der Waals surface area contributed by atoms with E-state index in [1.807, 2.05) is 42.9 Å². The molecule has 0 amide bonds. The normalized spacial score (nSPS) is 12.9. The number of fused-ring (bicyclic) bond motifs is 1. The van der Waals surface area contributed by atoms with Crippen LogP contribution in [-0.2, 0) is 13.6 Å². The van der Waals surface area contributed by atoms with Crippen molar-refractivity contribution in [2.75, 3.05) is 0 Å². The van der Waals surface area contributed by atoms with E-state index in [1.165, 1.54) is 5.56 Å². The average Bonchev–Trinajstić information content (AvgIpc) is 2.98. The summed E-state index contributed by atoms with van der Waals surface area (Å²) in [4.78, 5) is 7.89. The van der Waals surface area contributed by atoms with Crippen molar-refractivity contribution in [2.24, 2.45) is 7.05 Å². The SMILES string of the molecule is Cc1nn(C)cc1C(C)NCc1nc2ccccc2[nH]1. The second-order valence-corrected chi connectivity index (χ2v) is 5.15. The number of aryl methyl sites for hydroxylation is 2. The first-order valence-corrected chi connectivity index (χ1v) is 6.80. The summed E-state index contributed by atoms with van der Waals surface area (Å²) in [5, 5.41) is 7.86. The van der Waals surface area contributed by atoms with Gasteiger partial charge in [0.15, 0.2) is 0 Å². The number of para-hydroxylation sites is 2. The number of nitrogens with one attached hydrogen (secondary N) is 2. The Bertz CT molecular complexity index is 692. The van der Waals surface area contributed by atoms with E-state index < -0.39 is 0 Å². The Morgan fingerprint density at radius 3 is 2.85 bits per heavy atom. The van der Waals surface area contributed by atoms with Gasteiger partial charge in [-0.1, -0.05) is 12.1 Å². The molecule has 1 atom stereocenters. The van der Waals surface area contributed by atoms with Gasteiger partial charge in [-0.15, -0.1) is 0 Å². The second-order valence-electron chi connectivity index (χ2n) is 5.15. The summed E-state index contributed by atoms with van der Waals surface area (Å²) in [6, 6.07) is 8.32. The summed E-state index contributed by atoms with van der Waals surface area (Å²) in [6.45, 7) is 4.89. The first kappa shape index (κ1) is 12.9. The van der Waals surface area contributed by atoms with Crippen molar-refractivity contribution >= 4 is 11.0 Å². The van der Waals surface area contributed by atoms with Crippen LogP contribution in [0.1, 0.15) is 30.0 Å². The molecule has 0 aliphatic heterocycles. The van der Waals surface area contributed by atoms with Gasteiger partial charge in [0.2, 0.25) is 0 Å². The van der Waals surface area contributed by atoms with Crippen molar-refractivity contribution in [1.29, 1.82) is 0 Å². The molecule has 0 radical (unpaired) electrons. The van der Waals surface area contributed by atoms with Crippen LogP contribution in [0.25, 0.3) is 11.0 Å². The van der Waals surface area contributed by atoms with Crippen LogP contribution in [-0.4, -0.2) is 19.7 Å². The molecule has 0 aliphatic rings. The smallest absolute Gasteiger partial charge is 0.121 e. The van der Waals surface area contributed by atoms with Crippen molar-refractivity contribution in [3.8, 4) is 0 Å². The summed E-state index contributed by atoms with van der Waals surface area (Å²) in [5.41, 5.74) is 4.38. The third-order valence-corrected chi connectivity index (χ3v) is 3.53. The second kappa shape index (κ2) is 5.09. The van der Waals surface area contributed by atoms with Crippen LogP contribution in [0.15, 0.2) is 30.5 Å². The molecule has 2 heterocycles. The molecule has 0 bridgehead atoms. The Hall–Kier alpha value is -2.14. The quantitative estimate of drug-likeness (QED) is 0.765. The van der Waals surface area contributed by atoms with Crippen LogP contribution in [0, 0.1) is 6.92 Å². The number of rotatable bonds is 4. The summed E-state index contributed by atoms with van der Waals surface area (Å²) in [5.74, 6) is 0.958. The molecule has 0 spiro atoms. The predicted molar refractivity (Wildman–Crippen MR) is 79.3 cm³/mol. The summed E-state index contributed by atoms with van der Waals surface area (Å²) in [7, 11) is 1.95. The first-order valence-electron chi connectivity index (χ1n) is 6.80. The molecule has 0 saturated heterocycles. The molecule has 5 heteroatoms. The minimum atomic E-state index is 0.247. The van der Waals surface area contributed by atoms with Crippen LogP contribution in [0.3, 0.4) is 0 Å². The van der Waals surface area contributed by atoms with E-state index >= 15 is 0 Å². The van der Waals surface area contributed by atoms with Crippen molar-refractivity contribution < 1.29 is 0 Å². The molecule has 104 valence electrons. The zero-order valence-electron chi connectivity index (χ0n) is 12.0. The maximum absolute atomic E-state index is 4.57. The third-order valence-electron chi connectivity index (χ3n) is 3.53. The number of hydrogen-bond acceptors (Lipinski definition) is 3. The van der Waals surface area contributed by atoms with E-state index in [0.717, 1.165) is 22.6 Å². The maximum Gasteiger partial charge on any atom is 0.121 e. The van der Waals surface area contributed by atoms with Crippen LogP contribution in [0.5, 0.6) is 0 Å². The van der Waals surface area contributed by atoms with Gasteiger partial charge >= 0.3 is 0 Å². The van der Waals surface area contributed by atoms with Crippen molar-refractivity contribution in [1.82, 2.24) is 25.1 Å². The van der Waals surface area contributed by atoms with Crippen LogP contribution < -0.4 is 5.32 Å². The molecule has 5 nitrogen and oxygen atoms in total. The van der Waals surface area contributed by atoms with Gasteiger partial charge < -0.3 is 10.3 Å². The number of hydrogen-bond donors (Lipinski definition) is 2. The summed E-state index contributed by atoms with van der Waals surface area (Å²) in [6.07, 6.45) is 2.06. The monoisotopic (exact) mass is 269 g/mol. The number of aromatic nitrogens is 4. The van der Waals surface area contributed by atoms with Crippen LogP contribution >= 0.6 is 0 Å². The fourth-order valence-electron chi connectivity index (χ4n) is 2.49. The number of aromatic amines is 1. The molecule has 3 aromatic rings. The van der Waals surface area contributed by atoms with Gasteiger partial charge in [0.1, 0.15) is 5.82 Å². The lowest BCUT2D eigenvalue weighted by molar-refractivity contribution is 0.560. The highest BCUT2D eigenvalue weighted by Gasteiger charge is 2.12. The van der Waals surface area contributed by atoms with Gasteiger partial charge in [-0.05, 0) is 26.0 Å². The zero-order chi connectivity index (χ0) is 14.1. The molecule has 0 saturated carbocycles. The highest BCUT2D eigenvalue weighted by Crippen LogP contribution is 2.16. The lowest BCUT2D eigenvalue weighted by atomic mass is 10.1. The topological polar surface area (TPSA) is 58.5 Å². The van der Waals surface area contributed by atoms with E-state index in [9.17, 15) is 0 Å². The molecule has 3 rings (SSSR count). The number of benzene rings is 1. The fraction of sp³-hybridized carbons (Fsp3) is 0.333. The average molecular weight is 269 g/mol. The predicted octanol–water partition coefficient (Wildman–Crippen LogP) is 2.46. The highest BCUT2D eigenvalue weighted by molar-refractivity contribution is 5.74. The van der Waals surface area contributed by atoms with Crippen LogP contribution in [0.2, 0.25) is 0 Å². The Labute approximate surface area is 118 Å². The van der Waals surface area contributed by atoms with Crippen molar-refractivity contribution in [2.45, 2.75) is 26.4 Å². The molecule has 20 heavy (non-hydrogen) atoms. The Balaban J connectivity index is 1.71.